The highest BCUT2D eigenvalue weighted by atomic mass is 16.3. The summed E-state index contributed by atoms with van der Waals surface area (Å²) in [5.74, 6) is 0. The second-order valence-electron chi connectivity index (χ2n) is 15.0. The predicted molar refractivity (Wildman–Crippen MR) is 249 cm³/mol. The lowest BCUT2D eigenvalue weighted by molar-refractivity contribution is 0.672. The molecule has 12 rings (SSSR count). The zero-order valence-electron chi connectivity index (χ0n) is 35.8. The molecular formula is C56H36N2O. The predicted octanol–water partition coefficient (Wildman–Crippen LogP) is 15.8. The van der Waals surface area contributed by atoms with E-state index in [0.717, 1.165) is 65.7 Å². The van der Waals surface area contributed by atoms with Crippen LogP contribution in [0.4, 0.5) is 17.1 Å². The first kappa shape index (κ1) is 29.4. The van der Waals surface area contributed by atoms with Crippen LogP contribution in [0.1, 0.15) is 5.48 Å². The summed E-state index contributed by atoms with van der Waals surface area (Å²) in [4.78, 5) is 1.87. The summed E-state index contributed by atoms with van der Waals surface area (Å²) >= 11 is 0. The first-order chi connectivity index (χ1) is 30.9. The van der Waals surface area contributed by atoms with Crippen LogP contribution in [0, 0.1) is 0 Å². The number of aromatic nitrogens is 1. The van der Waals surface area contributed by atoms with E-state index >= 15 is 0 Å². The van der Waals surface area contributed by atoms with Gasteiger partial charge in [0.25, 0.3) is 0 Å². The number of benzene rings is 10. The fourth-order valence-electron chi connectivity index (χ4n) is 8.93. The van der Waals surface area contributed by atoms with Crippen molar-refractivity contribution in [2.45, 2.75) is 0 Å². The SMILES string of the molecule is [2H]c1c([2H])c(N(c2ccc(-c3cccc(-n4c5ccccc5c5ccccc54)c3)cc2)c2cccc3oc4c5ccccc5ccc4c23)c([2H])c([2H])c1-c1cccc2ccccc12. The lowest BCUT2D eigenvalue weighted by atomic mass is 9.98. The van der Waals surface area contributed by atoms with Crippen LogP contribution in [0.15, 0.2) is 223 Å². The Balaban J connectivity index is 1.06. The molecule has 0 saturated carbocycles. The molecule has 0 fully saturated rings. The highest BCUT2D eigenvalue weighted by Crippen LogP contribution is 2.45. The van der Waals surface area contributed by atoms with Gasteiger partial charge in [-0.1, -0.05) is 152 Å². The highest BCUT2D eigenvalue weighted by Gasteiger charge is 2.21. The number of furan rings is 1. The summed E-state index contributed by atoms with van der Waals surface area (Å²) in [5, 5.41) is 7.99. The summed E-state index contributed by atoms with van der Waals surface area (Å²) in [6.45, 7) is 0. The van der Waals surface area contributed by atoms with Crippen LogP contribution in [-0.2, 0) is 0 Å². The maximum Gasteiger partial charge on any atom is 0.143 e. The van der Waals surface area contributed by atoms with E-state index in [1.807, 2.05) is 89.8 Å². The monoisotopic (exact) mass is 756 g/mol. The number of hydrogen-bond donors (Lipinski definition) is 0. The van der Waals surface area contributed by atoms with Crippen molar-refractivity contribution in [2.75, 3.05) is 4.90 Å². The fraction of sp³-hybridized carbons (Fsp3) is 0. The minimum absolute atomic E-state index is 0.110. The molecule has 0 aliphatic carbocycles. The topological polar surface area (TPSA) is 21.3 Å². The van der Waals surface area contributed by atoms with Crippen LogP contribution < -0.4 is 4.90 Å². The molecule has 2 aromatic heterocycles. The van der Waals surface area contributed by atoms with E-state index in [2.05, 4.69) is 114 Å². The molecule has 10 aromatic carbocycles. The summed E-state index contributed by atoms with van der Waals surface area (Å²) in [5.41, 5.74) is 9.20. The van der Waals surface area contributed by atoms with Gasteiger partial charge in [-0.05, 0) is 105 Å². The summed E-state index contributed by atoms with van der Waals surface area (Å²) < 4.78 is 47.5. The lowest BCUT2D eigenvalue weighted by Gasteiger charge is -2.27. The average Bonchev–Trinajstić information content (AvgIpc) is 3.89. The largest absolute Gasteiger partial charge is 0.455 e. The third-order valence-electron chi connectivity index (χ3n) is 11.6. The molecule has 59 heavy (non-hydrogen) atoms. The van der Waals surface area contributed by atoms with E-state index in [4.69, 9.17) is 4.42 Å². The maximum absolute atomic E-state index is 9.73. The third-order valence-corrected chi connectivity index (χ3v) is 11.6. The molecule has 0 radical (unpaired) electrons. The number of nitrogens with zero attached hydrogens (tertiary/aromatic N) is 2. The lowest BCUT2D eigenvalue weighted by Crippen LogP contribution is -2.10. The van der Waals surface area contributed by atoms with Crippen LogP contribution >= 0.6 is 0 Å². The zero-order valence-corrected chi connectivity index (χ0v) is 31.8. The number of anilines is 3. The van der Waals surface area contributed by atoms with Gasteiger partial charge in [0.1, 0.15) is 11.2 Å². The Morgan fingerprint density at radius 2 is 1.05 bits per heavy atom. The van der Waals surface area contributed by atoms with E-state index < -0.39 is 0 Å². The smallest absolute Gasteiger partial charge is 0.143 e. The van der Waals surface area contributed by atoms with Gasteiger partial charge in [-0.3, -0.25) is 0 Å². The Morgan fingerprint density at radius 3 is 1.81 bits per heavy atom. The highest BCUT2D eigenvalue weighted by molar-refractivity contribution is 6.19. The number of fused-ring (bicyclic) bond motifs is 9. The molecule has 0 aliphatic heterocycles. The molecule has 3 nitrogen and oxygen atoms in total. The molecule has 12 aromatic rings. The average molecular weight is 757 g/mol. The van der Waals surface area contributed by atoms with Gasteiger partial charge >= 0.3 is 0 Å². The van der Waals surface area contributed by atoms with Crippen molar-refractivity contribution in [3.05, 3.63) is 218 Å². The minimum Gasteiger partial charge on any atom is -0.455 e. The Labute approximate surface area is 346 Å². The van der Waals surface area contributed by atoms with Crippen LogP contribution in [0.5, 0.6) is 0 Å². The van der Waals surface area contributed by atoms with Crippen LogP contribution in [0.25, 0.3) is 93.2 Å². The number of hydrogen-bond acceptors (Lipinski definition) is 2. The second-order valence-corrected chi connectivity index (χ2v) is 15.0. The molecule has 0 unspecified atom stereocenters. The Bertz CT molecular complexity index is 3720. The molecule has 0 spiro atoms. The first-order valence-electron chi connectivity index (χ1n) is 21.9. The summed E-state index contributed by atoms with van der Waals surface area (Å²) in [6, 6.07) is 64.9. The van der Waals surface area contributed by atoms with Gasteiger partial charge in [-0.15, -0.1) is 0 Å². The summed E-state index contributed by atoms with van der Waals surface area (Å²) in [7, 11) is 0. The van der Waals surface area contributed by atoms with Crippen LogP contribution in [0.3, 0.4) is 0 Å². The molecule has 0 bridgehead atoms. The van der Waals surface area contributed by atoms with Crippen molar-refractivity contribution in [1.82, 2.24) is 4.57 Å². The fourth-order valence-corrected chi connectivity index (χ4v) is 8.93. The van der Waals surface area contributed by atoms with Crippen LogP contribution in [-0.4, -0.2) is 4.57 Å². The first-order valence-corrected chi connectivity index (χ1v) is 19.9. The zero-order chi connectivity index (χ0) is 42.3. The molecule has 2 heterocycles. The minimum atomic E-state index is -0.142. The Kier molecular flexibility index (Phi) is 6.65. The molecule has 0 amide bonds. The van der Waals surface area contributed by atoms with E-state index in [1.165, 1.54) is 10.8 Å². The van der Waals surface area contributed by atoms with Crippen molar-refractivity contribution in [3.8, 4) is 27.9 Å². The van der Waals surface area contributed by atoms with E-state index in [1.54, 1.807) is 0 Å². The second kappa shape index (κ2) is 13.4. The normalized spacial score (nSPS) is 12.7. The van der Waals surface area contributed by atoms with Gasteiger partial charge in [-0.25, -0.2) is 0 Å². The van der Waals surface area contributed by atoms with Gasteiger partial charge < -0.3 is 13.9 Å². The molecular weight excluding hydrogens is 717 g/mol. The van der Waals surface area contributed by atoms with Crippen molar-refractivity contribution >= 4 is 82.4 Å². The number of rotatable bonds is 6. The third kappa shape index (κ3) is 5.36. The quantitative estimate of drug-likeness (QED) is 0.168. The Morgan fingerprint density at radius 1 is 0.424 bits per heavy atom. The van der Waals surface area contributed by atoms with Crippen molar-refractivity contribution in [1.29, 1.82) is 0 Å². The van der Waals surface area contributed by atoms with Crippen LogP contribution in [0.2, 0.25) is 0 Å². The van der Waals surface area contributed by atoms with E-state index in [9.17, 15) is 5.48 Å². The molecule has 0 N–H and O–H groups in total. The van der Waals surface area contributed by atoms with Crippen molar-refractivity contribution in [2.24, 2.45) is 0 Å². The van der Waals surface area contributed by atoms with Crippen molar-refractivity contribution < 1.29 is 9.90 Å². The Hall–Kier alpha value is -7.88. The van der Waals surface area contributed by atoms with Crippen molar-refractivity contribution in [3.63, 3.8) is 0 Å². The molecule has 0 saturated heterocycles. The summed E-state index contributed by atoms with van der Waals surface area (Å²) in [6.07, 6.45) is 0. The molecule has 276 valence electrons. The standard InChI is InChI=1S/C56H36N2O/c1-3-17-45-38(12-1)14-10-21-46(45)40-28-33-43(34-29-40)57(53-24-11-25-54-55(53)50-35-30-39-13-2-4-18-47(39)56(50)59-54)42-31-26-37(27-32-42)41-15-9-16-44(36-41)58-51-22-7-5-19-48(51)49-20-6-8-23-52(49)58/h1-36H/i28D,29D,33D,34D. The van der Waals surface area contributed by atoms with Gasteiger partial charge in [0.15, 0.2) is 0 Å². The van der Waals surface area contributed by atoms with Gasteiger partial charge in [0.05, 0.1) is 27.6 Å². The van der Waals surface area contributed by atoms with Gasteiger partial charge in [0.2, 0.25) is 0 Å². The molecule has 3 heteroatoms. The van der Waals surface area contributed by atoms with E-state index in [-0.39, 0.29) is 35.4 Å². The number of para-hydroxylation sites is 2. The van der Waals surface area contributed by atoms with E-state index in [0.29, 0.717) is 22.5 Å². The van der Waals surface area contributed by atoms with Gasteiger partial charge in [0, 0.05) is 38.6 Å². The maximum atomic E-state index is 9.73. The molecule has 0 atom stereocenters. The molecule has 0 aliphatic rings. The van der Waals surface area contributed by atoms with Gasteiger partial charge in [-0.2, -0.15) is 0 Å².